The van der Waals surface area contributed by atoms with Crippen molar-refractivity contribution >= 4 is 50.0 Å². The van der Waals surface area contributed by atoms with E-state index in [-0.39, 0.29) is 29.3 Å². The Bertz CT molecular complexity index is 654. The van der Waals surface area contributed by atoms with E-state index in [4.69, 9.17) is 5.73 Å². The Labute approximate surface area is 145 Å². The lowest BCUT2D eigenvalue weighted by atomic mass is 10.1. The van der Waals surface area contributed by atoms with E-state index < -0.39 is 10.0 Å². The van der Waals surface area contributed by atoms with Crippen LogP contribution in [0.5, 0.6) is 0 Å². The average Bonchev–Trinajstić information content (AvgIpc) is 2.40. The van der Waals surface area contributed by atoms with Gasteiger partial charge in [0.1, 0.15) is 0 Å². The van der Waals surface area contributed by atoms with Crippen molar-refractivity contribution in [3.8, 4) is 0 Å². The quantitative estimate of drug-likeness (QED) is 0.793. The van der Waals surface area contributed by atoms with Crippen LogP contribution in [-0.2, 0) is 14.8 Å². The van der Waals surface area contributed by atoms with Gasteiger partial charge in [0.25, 0.3) is 0 Å². The Balaban J connectivity index is 0.00000242. The molecule has 1 amide bonds. The molecular weight excluding hydrogens is 394 g/mol. The van der Waals surface area contributed by atoms with E-state index in [1.807, 2.05) is 0 Å². The van der Waals surface area contributed by atoms with E-state index in [0.29, 0.717) is 23.2 Å². The molecule has 2 rings (SSSR count). The van der Waals surface area contributed by atoms with Crippen molar-refractivity contribution < 1.29 is 13.2 Å². The van der Waals surface area contributed by atoms with Gasteiger partial charge in [-0.25, -0.2) is 8.42 Å². The van der Waals surface area contributed by atoms with Crippen LogP contribution in [-0.4, -0.2) is 37.8 Å². The van der Waals surface area contributed by atoms with Gasteiger partial charge in [-0.05, 0) is 47.0 Å². The smallest absolute Gasteiger partial charge is 0.243 e. The van der Waals surface area contributed by atoms with Crippen LogP contribution in [0.4, 0.5) is 5.69 Å². The molecule has 22 heavy (non-hydrogen) atoms. The predicted molar refractivity (Wildman–Crippen MR) is 91.7 cm³/mol. The van der Waals surface area contributed by atoms with Crippen LogP contribution >= 0.6 is 28.3 Å². The summed E-state index contributed by atoms with van der Waals surface area (Å²) in [4.78, 5) is 11.3. The van der Waals surface area contributed by atoms with Crippen molar-refractivity contribution in [3.63, 3.8) is 0 Å². The van der Waals surface area contributed by atoms with E-state index in [0.717, 1.165) is 12.8 Å². The number of sulfonamides is 1. The second kappa shape index (κ2) is 7.74. The molecule has 0 aromatic heterocycles. The minimum atomic E-state index is -3.55. The largest absolute Gasteiger partial charge is 0.327 e. The number of piperidine rings is 1. The lowest BCUT2D eigenvalue weighted by Gasteiger charge is -2.30. The van der Waals surface area contributed by atoms with Crippen molar-refractivity contribution in [3.05, 3.63) is 22.7 Å². The van der Waals surface area contributed by atoms with Gasteiger partial charge in [-0.3, -0.25) is 4.79 Å². The third kappa shape index (κ3) is 4.42. The highest BCUT2D eigenvalue weighted by molar-refractivity contribution is 9.10. The van der Waals surface area contributed by atoms with Gasteiger partial charge in [0.2, 0.25) is 15.9 Å². The predicted octanol–water partition coefficient (Wildman–Crippen LogP) is 1.94. The summed E-state index contributed by atoms with van der Waals surface area (Å²) in [6.45, 7) is 2.22. The Hall–Kier alpha value is -0.670. The maximum absolute atomic E-state index is 12.6. The van der Waals surface area contributed by atoms with E-state index in [9.17, 15) is 13.2 Å². The van der Waals surface area contributed by atoms with Gasteiger partial charge in [-0.1, -0.05) is 0 Å². The first kappa shape index (κ1) is 19.4. The van der Waals surface area contributed by atoms with Gasteiger partial charge in [0.15, 0.2) is 0 Å². The number of hydrogen-bond donors (Lipinski definition) is 2. The molecule has 1 aliphatic rings. The van der Waals surface area contributed by atoms with Crippen LogP contribution in [0.2, 0.25) is 0 Å². The molecule has 1 aromatic carbocycles. The fourth-order valence-electron chi connectivity index (χ4n) is 2.29. The van der Waals surface area contributed by atoms with Crippen molar-refractivity contribution in [2.45, 2.75) is 30.7 Å². The minimum absolute atomic E-state index is 0. The fraction of sp³-hybridized carbons (Fsp3) is 0.462. The summed E-state index contributed by atoms with van der Waals surface area (Å²) in [6, 6.07) is 4.45. The molecule has 1 saturated heterocycles. The molecule has 124 valence electrons. The monoisotopic (exact) mass is 411 g/mol. The van der Waals surface area contributed by atoms with Crippen molar-refractivity contribution in [2.75, 3.05) is 18.4 Å². The summed E-state index contributed by atoms with van der Waals surface area (Å²) in [5, 5.41) is 2.62. The zero-order valence-corrected chi connectivity index (χ0v) is 15.3. The lowest BCUT2D eigenvalue weighted by Crippen LogP contribution is -2.45. The highest BCUT2D eigenvalue weighted by Crippen LogP contribution is 2.28. The normalized spacial score (nSPS) is 19.3. The van der Waals surface area contributed by atoms with Gasteiger partial charge in [0.05, 0.1) is 10.6 Å². The molecule has 0 aliphatic carbocycles. The standard InChI is InChI=1S/C13H18BrN3O3S.ClH/c1-9(18)16-13-5-4-11(7-12(13)14)21(19,20)17-6-2-3-10(15)8-17;/h4-5,7,10H,2-3,6,8,15H2,1H3,(H,16,18);1H. The van der Waals surface area contributed by atoms with Crippen LogP contribution in [0.1, 0.15) is 19.8 Å². The van der Waals surface area contributed by atoms with E-state index in [1.165, 1.54) is 23.4 Å². The summed E-state index contributed by atoms with van der Waals surface area (Å²) in [5.74, 6) is -0.215. The third-order valence-electron chi connectivity index (χ3n) is 3.31. The third-order valence-corrected chi connectivity index (χ3v) is 5.83. The number of nitrogens with two attached hydrogens (primary N) is 1. The fourth-order valence-corrected chi connectivity index (χ4v) is 4.48. The van der Waals surface area contributed by atoms with Crippen LogP contribution in [0.3, 0.4) is 0 Å². The van der Waals surface area contributed by atoms with E-state index in [1.54, 1.807) is 6.07 Å². The first-order valence-electron chi connectivity index (χ1n) is 6.63. The second-order valence-electron chi connectivity index (χ2n) is 5.09. The lowest BCUT2D eigenvalue weighted by molar-refractivity contribution is -0.114. The molecule has 1 aromatic rings. The summed E-state index contributed by atoms with van der Waals surface area (Å²) < 4.78 is 27.1. The number of carbonyl (C=O) groups excluding carboxylic acids is 1. The second-order valence-corrected chi connectivity index (χ2v) is 7.88. The number of carbonyl (C=O) groups is 1. The SMILES string of the molecule is CC(=O)Nc1ccc(S(=O)(=O)N2CCCC(N)C2)cc1Br.Cl. The van der Waals surface area contributed by atoms with Crippen molar-refractivity contribution in [1.29, 1.82) is 0 Å². The van der Waals surface area contributed by atoms with Crippen LogP contribution in [0.15, 0.2) is 27.6 Å². The number of nitrogens with one attached hydrogen (secondary N) is 1. The molecule has 1 fully saturated rings. The average molecular weight is 413 g/mol. The molecule has 1 atom stereocenters. The number of benzene rings is 1. The van der Waals surface area contributed by atoms with Gasteiger partial charge >= 0.3 is 0 Å². The number of hydrogen-bond acceptors (Lipinski definition) is 4. The molecule has 1 unspecified atom stereocenters. The minimum Gasteiger partial charge on any atom is -0.327 e. The summed E-state index contributed by atoms with van der Waals surface area (Å²) >= 11 is 3.28. The Morgan fingerprint density at radius 2 is 2.14 bits per heavy atom. The Morgan fingerprint density at radius 3 is 2.68 bits per heavy atom. The summed E-state index contributed by atoms with van der Waals surface area (Å²) in [6.07, 6.45) is 1.61. The topological polar surface area (TPSA) is 92.5 Å². The maximum Gasteiger partial charge on any atom is 0.243 e. The number of halogens is 2. The molecular formula is C13H19BrClN3O3S. The highest BCUT2D eigenvalue weighted by Gasteiger charge is 2.29. The number of amides is 1. The Morgan fingerprint density at radius 1 is 1.45 bits per heavy atom. The zero-order valence-electron chi connectivity index (χ0n) is 12.1. The molecule has 6 nitrogen and oxygen atoms in total. The zero-order chi connectivity index (χ0) is 15.6. The first-order chi connectivity index (χ1) is 9.80. The molecule has 0 saturated carbocycles. The van der Waals surface area contributed by atoms with Gasteiger partial charge in [-0.2, -0.15) is 4.31 Å². The molecule has 9 heteroatoms. The van der Waals surface area contributed by atoms with Crippen molar-refractivity contribution in [1.82, 2.24) is 4.31 Å². The van der Waals surface area contributed by atoms with E-state index in [2.05, 4.69) is 21.2 Å². The highest BCUT2D eigenvalue weighted by atomic mass is 79.9. The Kier molecular flexibility index (Phi) is 6.82. The number of anilines is 1. The van der Waals surface area contributed by atoms with Gasteiger partial charge in [0, 0.05) is 30.5 Å². The van der Waals surface area contributed by atoms with Crippen LogP contribution in [0.25, 0.3) is 0 Å². The molecule has 0 spiro atoms. The first-order valence-corrected chi connectivity index (χ1v) is 8.87. The summed E-state index contributed by atoms with van der Waals surface area (Å²) in [5.41, 5.74) is 6.38. The number of nitrogens with zero attached hydrogens (tertiary/aromatic N) is 1. The van der Waals surface area contributed by atoms with E-state index >= 15 is 0 Å². The molecule has 1 heterocycles. The number of rotatable bonds is 3. The molecule has 3 N–H and O–H groups in total. The molecule has 0 bridgehead atoms. The maximum atomic E-state index is 12.6. The van der Waals surface area contributed by atoms with Crippen LogP contribution in [0, 0.1) is 0 Å². The summed E-state index contributed by atoms with van der Waals surface area (Å²) in [7, 11) is -3.55. The van der Waals surface area contributed by atoms with Gasteiger partial charge in [-0.15, -0.1) is 12.4 Å². The van der Waals surface area contributed by atoms with Crippen LogP contribution < -0.4 is 11.1 Å². The molecule has 0 radical (unpaired) electrons. The van der Waals surface area contributed by atoms with Crippen molar-refractivity contribution in [2.24, 2.45) is 5.73 Å². The van der Waals surface area contributed by atoms with Gasteiger partial charge < -0.3 is 11.1 Å². The molecule has 1 aliphatic heterocycles.